The van der Waals surface area contributed by atoms with E-state index in [1.807, 2.05) is 53.3 Å². The Morgan fingerprint density at radius 2 is 1.86 bits per heavy atom. The van der Waals surface area contributed by atoms with Crippen LogP contribution in [0.2, 0.25) is 0 Å². The van der Waals surface area contributed by atoms with Crippen LogP contribution in [0, 0.1) is 4.77 Å². The molecule has 1 fully saturated rings. The van der Waals surface area contributed by atoms with E-state index in [4.69, 9.17) is 12.2 Å². The highest BCUT2D eigenvalue weighted by atomic mass is 79.9. The molecule has 0 amide bonds. The molecule has 0 unspecified atom stereocenters. The summed E-state index contributed by atoms with van der Waals surface area (Å²) in [5.74, 6) is 2.29. The molecule has 9 heteroatoms. The van der Waals surface area contributed by atoms with Crippen LogP contribution in [0.3, 0.4) is 0 Å². The molecule has 148 valence electrons. The Morgan fingerprint density at radius 3 is 2.66 bits per heavy atom. The summed E-state index contributed by atoms with van der Waals surface area (Å²) in [7, 11) is 0. The zero-order valence-corrected chi connectivity index (χ0v) is 18.1. The average Bonchev–Trinajstić information content (AvgIpc) is 3.33. The lowest BCUT2D eigenvalue weighted by Crippen LogP contribution is -2.35. The van der Waals surface area contributed by atoms with E-state index in [1.54, 1.807) is 0 Å². The van der Waals surface area contributed by atoms with Gasteiger partial charge in [0.15, 0.2) is 11.5 Å². The standard InChI is InChI=1S/C20H20BrN7S/c21-16-6-4-14(5-7-16)18-22-20(29)28(25-18)13-26-11-8-15(9-12-26)19-24-23-17-3-1-2-10-27(17)19/h1-7,10,15H,8-9,11-13H2,(H,22,25,29). The van der Waals surface area contributed by atoms with Crippen LogP contribution in [-0.4, -0.2) is 47.4 Å². The minimum absolute atomic E-state index is 0.428. The second-order valence-electron chi connectivity index (χ2n) is 7.31. The lowest BCUT2D eigenvalue weighted by molar-refractivity contribution is 0.158. The fourth-order valence-corrected chi connectivity index (χ4v) is 4.32. The zero-order valence-electron chi connectivity index (χ0n) is 15.7. The minimum Gasteiger partial charge on any atom is -0.286 e. The summed E-state index contributed by atoms with van der Waals surface area (Å²) in [5.41, 5.74) is 1.93. The number of nitrogens with zero attached hydrogens (tertiary/aromatic N) is 6. The number of likely N-dealkylation sites (tertiary alicyclic amines) is 1. The van der Waals surface area contributed by atoms with Crippen LogP contribution in [0.15, 0.2) is 53.1 Å². The third-order valence-corrected chi connectivity index (χ3v) is 6.27. The second-order valence-corrected chi connectivity index (χ2v) is 8.59. The predicted octanol–water partition coefficient (Wildman–Crippen LogP) is 4.25. The molecule has 4 aromatic rings. The van der Waals surface area contributed by atoms with Crippen molar-refractivity contribution in [1.82, 2.24) is 34.3 Å². The number of halogens is 1. The molecule has 29 heavy (non-hydrogen) atoms. The van der Waals surface area contributed by atoms with Crippen molar-refractivity contribution in [2.24, 2.45) is 0 Å². The molecule has 0 radical (unpaired) electrons. The van der Waals surface area contributed by atoms with E-state index in [2.05, 4.69) is 45.5 Å². The number of fused-ring (bicyclic) bond motifs is 1. The number of piperidine rings is 1. The van der Waals surface area contributed by atoms with E-state index < -0.39 is 0 Å². The molecule has 5 rings (SSSR count). The highest BCUT2D eigenvalue weighted by molar-refractivity contribution is 9.10. The molecule has 1 aliphatic rings. The molecule has 1 N–H and O–H groups in total. The lowest BCUT2D eigenvalue weighted by atomic mass is 9.96. The monoisotopic (exact) mass is 469 g/mol. The molecule has 0 spiro atoms. The van der Waals surface area contributed by atoms with E-state index >= 15 is 0 Å². The fourth-order valence-electron chi connectivity index (χ4n) is 3.86. The van der Waals surface area contributed by atoms with Gasteiger partial charge in [0.1, 0.15) is 5.82 Å². The quantitative estimate of drug-likeness (QED) is 0.452. The van der Waals surface area contributed by atoms with Gasteiger partial charge in [-0.05, 0) is 49.3 Å². The Hall–Kier alpha value is -2.36. The van der Waals surface area contributed by atoms with Crippen molar-refractivity contribution in [2.75, 3.05) is 13.1 Å². The van der Waals surface area contributed by atoms with Crippen molar-refractivity contribution in [2.45, 2.75) is 25.4 Å². The van der Waals surface area contributed by atoms with Crippen molar-refractivity contribution in [3.63, 3.8) is 0 Å². The maximum absolute atomic E-state index is 5.47. The van der Waals surface area contributed by atoms with Gasteiger partial charge < -0.3 is 0 Å². The van der Waals surface area contributed by atoms with Crippen LogP contribution in [0.1, 0.15) is 24.6 Å². The molecule has 4 heterocycles. The fraction of sp³-hybridized carbons (Fsp3) is 0.300. The van der Waals surface area contributed by atoms with Gasteiger partial charge in [0.05, 0.1) is 6.67 Å². The van der Waals surface area contributed by atoms with Gasteiger partial charge >= 0.3 is 0 Å². The number of benzene rings is 1. The Kier molecular flexibility index (Phi) is 5.03. The van der Waals surface area contributed by atoms with Crippen LogP contribution in [-0.2, 0) is 6.67 Å². The van der Waals surface area contributed by atoms with Crippen molar-refractivity contribution < 1.29 is 0 Å². The smallest absolute Gasteiger partial charge is 0.217 e. The van der Waals surface area contributed by atoms with Crippen molar-refractivity contribution >= 4 is 33.8 Å². The summed E-state index contributed by atoms with van der Waals surface area (Å²) in [6, 6.07) is 14.1. The Morgan fingerprint density at radius 1 is 1.07 bits per heavy atom. The lowest BCUT2D eigenvalue weighted by Gasteiger charge is -2.30. The van der Waals surface area contributed by atoms with Gasteiger partial charge in [-0.3, -0.25) is 14.4 Å². The number of rotatable bonds is 4. The maximum Gasteiger partial charge on any atom is 0.217 e. The van der Waals surface area contributed by atoms with Gasteiger partial charge in [-0.25, -0.2) is 4.68 Å². The number of aromatic nitrogens is 6. The summed E-state index contributed by atoms with van der Waals surface area (Å²) in [4.78, 5) is 6.93. The number of hydrogen-bond acceptors (Lipinski definition) is 5. The third kappa shape index (κ3) is 3.77. The van der Waals surface area contributed by atoms with E-state index in [0.717, 1.165) is 59.9 Å². The highest BCUT2D eigenvalue weighted by Gasteiger charge is 2.24. The molecule has 0 atom stereocenters. The van der Waals surface area contributed by atoms with Gasteiger partial charge in [0.2, 0.25) is 4.77 Å². The molecule has 1 aliphatic heterocycles. The molecule has 0 saturated carbocycles. The Bertz CT molecular complexity index is 1190. The first-order chi connectivity index (χ1) is 14.2. The molecule has 0 bridgehead atoms. The summed E-state index contributed by atoms with van der Waals surface area (Å²) < 4.78 is 5.67. The van der Waals surface area contributed by atoms with Crippen molar-refractivity contribution in [1.29, 1.82) is 0 Å². The Balaban J connectivity index is 1.26. The van der Waals surface area contributed by atoms with Crippen LogP contribution < -0.4 is 0 Å². The molecule has 7 nitrogen and oxygen atoms in total. The van der Waals surface area contributed by atoms with E-state index in [1.165, 1.54) is 0 Å². The van der Waals surface area contributed by atoms with Gasteiger partial charge in [0.25, 0.3) is 0 Å². The van der Waals surface area contributed by atoms with E-state index in [-0.39, 0.29) is 0 Å². The average molecular weight is 470 g/mol. The predicted molar refractivity (Wildman–Crippen MR) is 117 cm³/mol. The zero-order chi connectivity index (χ0) is 19.8. The van der Waals surface area contributed by atoms with E-state index in [9.17, 15) is 0 Å². The first kappa shape index (κ1) is 18.7. The maximum atomic E-state index is 5.47. The number of hydrogen-bond donors (Lipinski definition) is 1. The normalized spacial score (nSPS) is 15.9. The Labute approximate surface area is 181 Å². The largest absolute Gasteiger partial charge is 0.286 e. The van der Waals surface area contributed by atoms with Crippen LogP contribution in [0.25, 0.3) is 17.0 Å². The number of nitrogens with one attached hydrogen (secondary N) is 1. The van der Waals surface area contributed by atoms with Gasteiger partial charge in [0, 0.05) is 35.2 Å². The van der Waals surface area contributed by atoms with Gasteiger partial charge in [-0.1, -0.05) is 34.1 Å². The highest BCUT2D eigenvalue weighted by Crippen LogP contribution is 2.27. The topological polar surface area (TPSA) is 67.0 Å². The number of H-pyrrole nitrogens is 1. The van der Waals surface area contributed by atoms with Crippen LogP contribution >= 0.6 is 28.1 Å². The molecule has 1 aromatic carbocycles. The SMILES string of the molecule is S=c1nc(-c2ccc(Br)cc2)[nH]n1CN1CCC(c2nnc3ccccn23)CC1. The van der Waals surface area contributed by atoms with Crippen LogP contribution in [0.4, 0.5) is 0 Å². The first-order valence-corrected chi connectivity index (χ1v) is 10.8. The molecule has 0 aliphatic carbocycles. The molecular weight excluding hydrogens is 450 g/mol. The summed E-state index contributed by atoms with van der Waals surface area (Å²) in [5, 5.41) is 12.1. The first-order valence-electron chi connectivity index (χ1n) is 9.62. The number of pyridine rings is 1. The van der Waals surface area contributed by atoms with Gasteiger partial charge in [-0.15, -0.1) is 10.2 Å². The third-order valence-electron chi connectivity index (χ3n) is 5.43. The summed E-state index contributed by atoms with van der Waals surface area (Å²) >= 11 is 8.93. The summed E-state index contributed by atoms with van der Waals surface area (Å²) in [6.45, 7) is 2.69. The molecule has 1 saturated heterocycles. The minimum atomic E-state index is 0.428. The molecule has 3 aromatic heterocycles. The van der Waals surface area contributed by atoms with E-state index in [0.29, 0.717) is 10.7 Å². The van der Waals surface area contributed by atoms with Crippen molar-refractivity contribution in [3.8, 4) is 11.4 Å². The molecular formula is C20H20BrN7S. The summed E-state index contributed by atoms with van der Waals surface area (Å²) in [6.07, 6.45) is 4.15. The van der Waals surface area contributed by atoms with Gasteiger partial charge in [-0.2, -0.15) is 4.98 Å². The number of aromatic amines is 1. The van der Waals surface area contributed by atoms with Crippen LogP contribution in [0.5, 0.6) is 0 Å². The van der Waals surface area contributed by atoms with Crippen molar-refractivity contribution in [3.05, 3.63) is 63.7 Å². The second kappa shape index (κ2) is 7.81.